The molecule has 0 bridgehead atoms. The number of hydrogen-bond donors (Lipinski definition) is 2. The Kier molecular flexibility index (Phi) is 6.36. The van der Waals surface area contributed by atoms with Gasteiger partial charge in [0.25, 0.3) is 0 Å². The molecule has 0 aliphatic carbocycles. The van der Waals surface area contributed by atoms with Crippen molar-refractivity contribution in [1.82, 2.24) is 19.5 Å². The van der Waals surface area contributed by atoms with Crippen molar-refractivity contribution in [3.8, 4) is 0 Å². The lowest BCUT2D eigenvalue weighted by atomic mass is 10.0. The van der Waals surface area contributed by atoms with Crippen molar-refractivity contribution in [3.63, 3.8) is 0 Å². The molecule has 0 radical (unpaired) electrons. The molecule has 0 aromatic carbocycles. The third kappa shape index (κ3) is 4.09. The van der Waals surface area contributed by atoms with Gasteiger partial charge in [-0.25, -0.2) is 15.0 Å². The van der Waals surface area contributed by atoms with E-state index < -0.39 is 0 Å². The van der Waals surface area contributed by atoms with Crippen molar-refractivity contribution >= 4 is 17.0 Å². The molecule has 1 aliphatic heterocycles. The second-order valence-electron chi connectivity index (χ2n) is 6.61. The SMILES string of the molecule is C=C/C=C(\C=C)C(CCC)Nc1ncnc2c1ncn2C1CCC(CO)O1. The predicted octanol–water partition coefficient (Wildman–Crippen LogP) is 3.38. The number of nitrogens with zero attached hydrogens (tertiary/aromatic N) is 4. The number of ether oxygens (including phenoxy) is 1. The zero-order valence-corrected chi connectivity index (χ0v) is 15.7. The fraction of sp³-hybridized carbons (Fsp3) is 0.450. The highest BCUT2D eigenvalue weighted by Gasteiger charge is 2.28. The molecule has 3 atom stereocenters. The summed E-state index contributed by atoms with van der Waals surface area (Å²) in [5, 5.41) is 12.8. The topological polar surface area (TPSA) is 85.1 Å². The molecule has 0 spiro atoms. The average molecular weight is 369 g/mol. The van der Waals surface area contributed by atoms with Crippen LogP contribution in [0.1, 0.15) is 38.8 Å². The number of hydrogen-bond acceptors (Lipinski definition) is 6. The minimum Gasteiger partial charge on any atom is -0.394 e. The number of allylic oxidation sites excluding steroid dienone is 2. The Morgan fingerprint density at radius 2 is 2.26 bits per heavy atom. The molecule has 1 fully saturated rings. The van der Waals surface area contributed by atoms with Gasteiger partial charge >= 0.3 is 0 Å². The number of nitrogens with one attached hydrogen (secondary N) is 1. The fourth-order valence-electron chi connectivity index (χ4n) is 3.43. The second kappa shape index (κ2) is 8.92. The van der Waals surface area contributed by atoms with Crippen molar-refractivity contribution in [2.45, 2.75) is 51.0 Å². The molecule has 1 aliphatic rings. The molecule has 3 rings (SSSR count). The van der Waals surface area contributed by atoms with E-state index in [1.165, 1.54) is 6.33 Å². The van der Waals surface area contributed by atoms with Gasteiger partial charge in [-0.2, -0.15) is 0 Å². The van der Waals surface area contributed by atoms with Crippen LogP contribution in [0.2, 0.25) is 0 Å². The maximum atomic E-state index is 9.30. The van der Waals surface area contributed by atoms with Gasteiger partial charge in [-0.05, 0) is 24.8 Å². The first kappa shape index (κ1) is 19.3. The van der Waals surface area contributed by atoms with E-state index in [0.29, 0.717) is 11.3 Å². The minimum absolute atomic E-state index is 0.0313. The van der Waals surface area contributed by atoms with E-state index in [0.717, 1.165) is 36.9 Å². The maximum Gasteiger partial charge on any atom is 0.167 e. The first-order chi connectivity index (χ1) is 13.2. The van der Waals surface area contributed by atoms with Crippen molar-refractivity contribution in [3.05, 3.63) is 49.6 Å². The Morgan fingerprint density at radius 3 is 2.93 bits per heavy atom. The summed E-state index contributed by atoms with van der Waals surface area (Å²) < 4.78 is 7.79. The van der Waals surface area contributed by atoms with Crippen LogP contribution in [0.15, 0.2) is 49.6 Å². The number of aliphatic hydroxyl groups excluding tert-OH is 1. The smallest absolute Gasteiger partial charge is 0.167 e. The number of aromatic nitrogens is 4. The summed E-state index contributed by atoms with van der Waals surface area (Å²) in [5.41, 5.74) is 2.49. The average Bonchev–Trinajstić information content (AvgIpc) is 3.32. The molecule has 7 nitrogen and oxygen atoms in total. The number of anilines is 1. The van der Waals surface area contributed by atoms with Gasteiger partial charge in [-0.1, -0.05) is 44.7 Å². The Morgan fingerprint density at radius 1 is 1.41 bits per heavy atom. The highest BCUT2D eigenvalue weighted by atomic mass is 16.5. The highest BCUT2D eigenvalue weighted by molar-refractivity contribution is 5.83. The summed E-state index contributed by atoms with van der Waals surface area (Å²) in [6.07, 6.45) is 12.1. The van der Waals surface area contributed by atoms with Gasteiger partial charge in [0.1, 0.15) is 12.6 Å². The van der Waals surface area contributed by atoms with E-state index in [-0.39, 0.29) is 25.0 Å². The summed E-state index contributed by atoms with van der Waals surface area (Å²) in [7, 11) is 0. The molecule has 3 unspecified atom stereocenters. The van der Waals surface area contributed by atoms with Gasteiger partial charge in [-0.15, -0.1) is 0 Å². The standard InChI is InChI=1S/C20H27N5O2/c1-4-7-14(6-3)16(8-5-2)24-19-18-20(22-12-21-19)25(13-23-18)17-10-9-15(11-26)27-17/h4,6-7,12-13,15-17,26H,1,3,5,8-11H2,2H3,(H,21,22,24)/b14-7+. The Balaban J connectivity index is 1.90. The van der Waals surface area contributed by atoms with Gasteiger partial charge < -0.3 is 15.2 Å². The van der Waals surface area contributed by atoms with E-state index in [1.807, 2.05) is 16.7 Å². The van der Waals surface area contributed by atoms with Crippen LogP contribution < -0.4 is 5.32 Å². The van der Waals surface area contributed by atoms with Gasteiger partial charge in [-0.3, -0.25) is 4.57 Å². The number of aliphatic hydroxyl groups is 1. The van der Waals surface area contributed by atoms with Crippen molar-refractivity contribution in [2.24, 2.45) is 0 Å². The molecule has 144 valence electrons. The molecule has 1 saturated heterocycles. The van der Waals surface area contributed by atoms with E-state index in [1.54, 1.807) is 12.4 Å². The summed E-state index contributed by atoms with van der Waals surface area (Å²) >= 11 is 0. The Hall–Kier alpha value is -2.51. The summed E-state index contributed by atoms with van der Waals surface area (Å²) in [4.78, 5) is 13.3. The summed E-state index contributed by atoms with van der Waals surface area (Å²) in [6.45, 7) is 9.87. The van der Waals surface area contributed by atoms with Crippen LogP contribution in [-0.2, 0) is 4.74 Å². The van der Waals surface area contributed by atoms with E-state index in [9.17, 15) is 5.11 Å². The van der Waals surface area contributed by atoms with E-state index >= 15 is 0 Å². The largest absolute Gasteiger partial charge is 0.394 e. The van der Waals surface area contributed by atoms with E-state index in [4.69, 9.17) is 4.74 Å². The van der Waals surface area contributed by atoms with Crippen LogP contribution in [-0.4, -0.2) is 43.4 Å². The minimum atomic E-state index is -0.161. The summed E-state index contributed by atoms with van der Waals surface area (Å²) in [6, 6.07) is 0.0650. The molecule has 3 heterocycles. The van der Waals surface area contributed by atoms with Crippen molar-refractivity contribution in [2.75, 3.05) is 11.9 Å². The molecular weight excluding hydrogens is 342 g/mol. The maximum absolute atomic E-state index is 9.30. The van der Waals surface area contributed by atoms with Crippen LogP contribution in [0.25, 0.3) is 11.2 Å². The van der Waals surface area contributed by atoms with Crippen molar-refractivity contribution < 1.29 is 9.84 Å². The third-order valence-corrected chi connectivity index (χ3v) is 4.79. The summed E-state index contributed by atoms with van der Waals surface area (Å²) in [5.74, 6) is 0.686. The second-order valence-corrected chi connectivity index (χ2v) is 6.61. The van der Waals surface area contributed by atoms with Gasteiger partial charge in [0.15, 0.2) is 17.0 Å². The molecule has 2 N–H and O–H groups in total. The number of imidazole rings is 1. The van der Waals surface area contributed by atoms with Crippen LogP contribution in [0.4, 0.5) is 5.82 Å². The van der Waals surface area contributed by atoms with Crippen molar-refractivity contribution in [1.29, 1.82) is 0 Å². The zero-order chi connectivity index (χ0) is 19.2. The first-order valence-electron chi connectivity index (χ1n) is 9.37. The number of fused-ring (bicyclic) bond motifs is 1. The highest BCUT2D eigenvalue weighted by Crippen LogP contribution is 2.31. The lowest BCUT2D eigenvalue weighted by Gasteiger charge is -2.20. The van der Waals surface area contributed by atoms with Gasteiger partial charge in [0.05, 0.1) is 25.1 Å². The first-order valence-corrected chi connectivity index (χ1v) is 9.37. The Bertz CT molecular complexity index is 829. The lowest BCUT2D eigenvalue weighted by molar-refractivity contribution is -0.0207. The molecule has 7 heteroatoms. The predicted molar refractivity (Wildman–Crippen MR) is 106 cm³/mol. The van der Waals surface area contributed by atoms with Crippen LogP contribution in [0.5, 0.6) is 0 Å². The van der Waals surface area contributed by atoms with Gasteiger partial charge in [0, 0.05) is 0 Å². The molecule has 2 aromatic heterocycles. The molecule has 27 heavy (non-hydrogen) atoms. The normalized spacial score (nSPS) is 21.3. The van der Waals surface area contributed by atoms with Crippen LogP contribution in [0.3, 0.4) is 0 Å². The Labute approximate surface area is 159 Å². The molecule has 2 aromatic rings. The molecule has 0 amide bonds. The monoisotopic (exact) mass is 369 g/mol. The molecule has 0 saturated carbocycles. The van der Waals surface area contributed by atoms with E-state index in [2.05, 4.69) is 40.4 Å². The lowest BCUT2D eigenvalue weighted by Crippen LogP contribution is -2.22. The number of rotatable bonds is 9. The quantitative estimate of drug-likeness (QED) is 0.659. The fourth-order valence-corrected chi connectivity index (χ4v) is 3.43. The van der Waals surface area contributed by atoms with Crippen LogP contribution >= 0.6 is 0 Å². The molecular formula is C20H27N5O2. The van der Waals surface area contributed by atoms with Gasteiger partial charge in [0.2, 0.25) is 0 Å². The third-order valence-electron chi connectivity index (χ3n) is 4.79. The zero-order valence-electron chi connectivity index (χ0n) is 15.7. The van der Waals surface area contributed by atoms with Crippen LogP contribution in [0, 0.1) is 0 Å².